The van der Waals surface area contributed by atoms with Gasteiger partial charge in [-0.05, 0) is 12.1 Å². The van der Waals surface area contributed by atoms with E-state index in [9.17, 15) is 4.79 Å². The molecule has 0 unspecified atom stereocenters. The maximum atomic E-state index is 10.7. The van der Waals surface area contributed by atoms with Gasteiger partial charge in [-0.25, -0.2) is 4.79 Å². The third kappa shape index (κ3) is 1.66. The minimum absolute atomic E-state index is 0.273. The van der Waals surface area contributed by atoms with Crippen LogP contribution < -0.4 is 0 Å². The van der Waals surface area contributed by atoms with Crippen LogP contribution in [-0.2, 0) is 4.79 Å². The highest BCUT2D eigenvalue weighted by atomic mass is 16.4. The van der Waals surface area contributed by atoms with Crippen molar-refractivity contribution in [2.45, 2.75) is 0 Å². The van der Waals surface area contributed by atoms with Crippen LogP contribution in [0.15, 0.2) is 36.0 Å². The van der Waals surface area contributed by atoms with Gasteiger partial charge < -0.3 is 10.1 Å². The molecule has 4 nitrogen and oxygen atoms in total. The second kappa shape index (κ2) is 3.91. The number of hydrogen-bond donors (Lipinski definition) is 2. The summed E-state index contributed by atoms with van der Waals surface area (Å²) in [5.41, 5.74) is 1.34. The van der Waals surface area contributed by atoms with E-state index in [0.29, 0.717) is 5.56 Å². The summed E-state index contributed by atoms with van der Waals surface area (Å²) in [4.78, 5) is 13.7. The molecule has 0 amide bonds. The number of H-pyrrole nitrogens is 1. The lowest BCUT2D eigenvalue weighted by Crippen LogP contribution is -1.96. The third-order valence-electron chi connectivity index (χ3n) is 2.27. The molecule has 1 aromatic heterocycles. The summed E-state index contributed by atoms with van der Waals surface area (Å²) < 4.78 is 0. The average Bonchev–Trinajstić information content (AvgIpc) is 2.69. The minimum atomic E-state index is -1.22. The molecular formula is C12H8N2O2. The predicted molar refractivity (Wildman–Crippen MR) is 59.5 cm³/mol. The Bertz CT molecular complexity index is 617. The van der Waals surface area contributed by atoms with Gasteiger partial charge in [-0.1, -0.05) is 18.2 Å². The van der Waals surface area contributed by atoms with Crippen molar-refractivity contribution < 1.29 is 9.90 Å². The Morgan fingerprint density at radius 3 is 2.88 bits per heavy atom. The number of benzene rings is 1. The highest BCUT2D eigenvalue weighted by molar-refractivity contribution is 6.00. The van der Waals surface area contributed by atoms with Crippen molar-refractivity contribution in [1.29, 1.82) is 5.26 Å². The molecule has 4 heteroatoms. The van der Waals surface area contributed by atoms with E-state index in [1.54, 1.807) is 12.3 Å². The van der Waals surface area contributed by atoms with Gasteiger partial charge >= 0.3 is 5.97 Å². The van der Waals surface area contributed by atoms with E-state index < -0.39 is 5.97 Å². The van der Waals surface area contributed by atoms with Crippen LogP contribution in [-0.4, -0.2) is 16.1 Å². The molecule has 16 heavy (non-hydrogen) atoms. The molecule has 0 saturated carbocycles. The highest BCUT2D eigenvalue weighted by Crippen LogP contribution is 2.20. The first-order valence-corrected chi connectivity index (χ1v) is 4.63. The van der Waals surface area contributed by atoms with Crippen molar-refractivity contribution in [3.63, 3.8) is 0 Å². The smallest absolute Gasteiger partial charge is 0.346 e. The SMILES string of the molecule is N#CC(=Cc1c[nH]c2ccccc12)C(=O)O. The molecule has 0 radical (unpaired) electrons. The van der Waals surface area contributed by atoms with E-state index in [2.05, 4.69) is 4.98 Å². The molecule has 1 aromatic carbocycles. The number of fused-ring (bicyclic) bond motifs is 1. The van der Waals surface area contributed by atoms with Gasteiger partial charge in [-0.15, -0.1) is 0 Å². The maximum Gasteiger partial charge on any atom is 0.346 e. The van der Waals surface area contributed by atoms with Crippen LogP contribution in [0.1, 0.15) is 5.56 Å². The first-order chi connectivity index (χ1) is 7.72. The lowest BCUT2D eigenvalue weighted by molar-refractivity contribution is -0.132. The standard InChI is InChI=1S/C12H8N2O2/c13-6-8(12(15)16)5-9-7-14-11-4-2-1-3-10(9)11/h1-5,7,14H,(H,15,16). The van der Waals surface area contributed by atoms with Gasteiger partial charge in [0.2, 0.25) is 0 Å². The van der Waals surface area contributed by atoms with Crippen LogP contribution in [0.4, 0.5) is 0 Å². The van der Waals surface area contributed by atoms with Crippen molar-refractivity contribution >= 4 is 22.9 Å². The van der Waals surface area contributed by atoms with Crippen LogP contribution in [0.5, 0.6) is 0 Å². The Morgan fingerprint density at radius 2 is 2.19 bits per heavy atom. The molecule has 0 saturated heterocycles. The Kier molecular flexibility index (Phi) is 2.44. The van der Waals surface area contributed by atoms with Crippen LogP contribution in [0, 0.1) is 11.3 Å². The van der Waals surface area contributed by atoms with E-state index in [0.717, 1.165) is 10.9 Å². The van der Waals surface area contributed by atoms with Crippen LogP contribution in [0.25, 0.3) is 17.0 Å². The quantitative estimate of drug-likeness (QED) is 0.591. The maximum absolute atomic E-state index is 10.7. The van der Waals surface area contributed by atoms with Gasteiger partial charge in [0.1, 0.15) is 11.6 Å². The summed E-state index contributed by atoms with van der Waals surface area (Å²) in [5, 5.41) is 18.3. The normalized spacial score (nSPS) is 11.3. The van der Waals surface area contributed by atoms with Gasteiger partial charge in [0.15, 0.2) is 0 Å². The van der Waals surface area contributed by atoms with Crippen molar-refractivity contribution in [1.82, 2.24) is 4.98 Å². The molecule has 0 aliphatic rings. The largest absolute Gasteiger partial charge is 0.477 e. The van der Waals surface area contributed by atoms with Gasteiger partial charge in [-0.2, -0.15) is 5.26 Å². The fraction of sp³-hybridized carbons (Fsp3) is 0. The fourth-order valence-corrected chi connectivity index (χ4v) is 1.51. The summed E-state index contributed by atoms with van der Waals surface area (Å²) >= 11 is 0. The lowest BCUT2D eigenvalue weighted by Gasteiger charge is -1.92. The van der Waals surface area contributed by atoms with E-state index >= 15 is 0 Å². The number of nitrogens with one attached hydrogen (secondary N) is 1. The molecule has 0 aliphatic heterocycles. The first-order valence-electron chi connectivity index (χ1n) is 4.63. The van der Waals surface area contributed by atoms with E-state index in [4.69, 9.17) is 10.4 Å². The van der Waals surface area contributed by atoms with E-state index in [1.807, 2.05) is 24.3 Å². The number of nitriles is 1. The molecular weight excluding hydrogens is 204 g/mol. The van der Waals surface area contributed by atoms with Crippen molar-refractivity contribution in [2.24, 2.45) is 0 Å². The number of hydrogen-bond acceptors (Lipinski definition) is 2. The molecule has 0 atom stereocenters. The van der Waals surface area contributed by atoms with Crippen LogP contribution in [0.3, 0.4) is 0 Å². The number of aliphatic carboxylic acids is 1. The minimum Gasteiger partial charge on any atom is -0.477 e. The zero-order valence-corrected chi connectivity index (χ0v) is 8.27. The summed E-state index contributed by atoms with van der Waals surface area (Å²) in [6.07, 6.45) is 3.05. The zero-order valence-electron chi connectivity index (χ0n) is 8.27. The number of nitrogens with zero attached hydrogens (tertiary/aromatic N) is 1. The molecule has 2 N–H and O–H groups in total. The number of para-hydroxylation sites is 1. The molecule has 0 bridgehead atoms. The second-order valence-electron chi connectivity index (χ2n) is 3.26. The molecule has 1 heterocycles. The van der Waals surface area contributed by atoms with Crippen molar-refractivity contribution in [3.05, 3.63) is 41.6 Å². The topological polar surface area (TPSA) is 76.9 Å². The molecule has 2 rings (SSSR count). The summed E-state index contributed by atoms with van der Waals surface area (Å²) in [5.74, 6) is -1.22. The summed E-state index contributed by atoms with van der Waals surface area (Å²) in [6.45, 7) is 0. The molecule has 78 valence electrons. The molecule has 2 aromatic rings. The summed E-state index contributed by atoms with van der Waals surface area (Å²) in [6, 6.07) is 9.16. The van der Waals surface area contributed by atoms with Gasteiger partial charge in [0, 0.05) is 22.7 Å². The number of rotatable bonds is 2. The Labute approximate surface area is 91.4 Å². The predicted octanol–water partition coefficient (Wildman–Crippen LogP) is 2.16. The fourth-order valence-electron chi connectivity index (χ4n) is 1.51. The van der Waals surface area contributed by atoms with E-state index in [-0.39, 0.29) is 5.57 Å². The average molecular weight is 212 g/mol. The monoisotopic (exact) mass is 212 g/mol. The van der Waals surface area contributed by atoms with E-state index in [1.165, 1.54) is 6.08 Å². The van der Waals surface area contributed by atoms with Crippen LogP contribution >= 0.6 is 0 Å². The molecule has 0 fully saturated rings. The summed E-state index contributed by atoms with van der Waals surface area (Å²) in [7, 11) is 0. The van der Waals surface area contributed by atoms with Gasteiger partial charge in [0.05, 0.1) is 0 Å². The number of aromatic nitrogens is 1. The number of carboxylic acid groups (broad SMARTS) is 1. The second-order valence-corrected chi connectivity index (χ2v) is 3.26. The van der Waals surface area contributed by atoms with Crippen LogP contribution in [0.2, 0.25) is 0 Å². The van der Waals surface area contributed by atoms with Gasteiger partial charge in [-0.3, -0.25) is 0 Å². The molecule has 0 aliphatic carbocycles. The van der Waals surface area contributed by atoms with Gasteiger partial charge in [0.25, 0.3) is 0 Å². The zero-order chi connectivity index (χ0) is 11.5. The lowest BCUT2D eigenvalue weighted by atomic mass is 10.1. The Morgan fingerprint density at radius 1 is 1.44 bits per heavy atom. The number of aromatic amines is 1. The Balaban J connectivity index is 2.57. The van der Waals surface area contributed by atoms with Crippen molar-refractivity contribution in [2.75, 3.05) is 0 Å². The Hall–Kier alpha value is -2.54. The molecule has 0 spiro atoms. The highest BCUT2D eigenvalue weighted by Gasteiger charge is 2.07. The number of carbonyl (C=O) groups is 1. The first kappa shape index (κ1) is 9.99. The number of carboxylic acids is 1. The third-order valence-corrected chi connectivity index (χ3v) is 2.27. The van der Waals surface area contributed by atoms with Crippen molar-refractivity contribution in [3.8, 4) is 6.07 Å².